The largest absolute Gasteiger partial charge is 0.398 e. The molecule has 1 aliphatic rings. The van der Waals surface area contributed by atoms with E-state index in [1.54, 1.807) is 11.3 Å². The third-order valence-corrected chi connectivity index (χ3v) is 4.65. The van der Waals surface area contributed by atoms with E-state index in [2.05, 4.69) is 17.0 Å². The molecule has 0 fully saturated rings. The second-order valence-electron chi connectivity index (χ2n) is 4.68. The molecule has 1 aromatic carbocycles. The minimum atomic E-state index is 0.844. The van der Waals surface area contributed by atoms with E-state index in [-0.39, 0.29) is 0 Å². The van der Waals surface area contributed by atoms with Crippen molar-refractivity contribution in [3.63, 3.8) is 0 Å². The van der Waals surface area contributed by atoms with Crippen LogP contribution in [-0.2, 0) is 19.5 Å². The van der Waals surface area contributed by atoms with E-state index in [4.69, 9.17) is 17.3 Å². The summed E-state index contributed by atoms with van der Waals surface area (Å²) in [7, 11) is 0. The lowest BCUT2D eigenvalue weighted by atomic mass is 9.98. The van der Waals surface area contributed by atoms with Gasteiger partial charge < -0.3 is 5.73 Å². The van der Waals surface area contributed by atoms with Crippen LogP contribution in [0, 0.1) is 0 Å². The van der Waals surface area contributed by atoms with Gasteiger partial charge in [0.05, 0.1) is 5.02 Å². The first-order valence-electron chi connectivity index (χ1n) is 6.04. The third kappa shape index (κ3) is 2.39. The summed E-state index contributed by atoms with van der Waals surface area (Å²) in [5, 5.41) is 2.84. The molecule has 0 atom stereocenters. The van der Waals surface area contributed by atoms with Crippen LogP contribution in [0.4, 0.5) is 5.69 Å². The summed E-state index contributed by atoms with van der Waals surface area (Å²) in [6, 6.07) is 8.27. The highest BCUT2D eigenvalue weighted by Gasteiger charge is 2.18. The molecule has 0 unspecified atom stereocenters. The van der Waals surface area contributed by atoms with Gasteiger partial charge in [0.1, 0.15) is 0 Å². The Kier molecular flexibility index (Phi) is 3.29. The van der Waals surface area contributed by atoms with E-state index in [0.717, 1.165) is 36.8 Å². The van der Waals surface area contributed by atoms with E-state index in [1.165, 1.54) is 16.0 Å². The van der Waals surface area contributed by atoms with Crippen molar-refractivity contribution in [2.75, 3.05) is 12.3 Å². The lowest BCUT2D eigenvalue weighted by Crippen LogP contribution is -2.30. The lowest BCUT2D eigenvalue weighted by Gasteiger charge is -2.29. The van der Waals surface area contributed by atoms with Gasteiger partial charge in [-0.1, -0.05) is 23.7 Å². The second kappa shape index (κ2) is 4.92. The molecule has 0 bridgehead atoms. The quantitative estimate of drug-likeness (QED) is 0.852. The first-order valence-corrected chi connectivity index (χ1v) is 7.29. The number of thiophene rings is 1. The molecule has 0 radical (unpaired) electrons. The molecule has 94 valence electrons. The minimum absolute atomic E-state index is 0.844. The predicted molar refractivity (Wildman–Crippen MR) is 78.0 cm³/mol. The number of nitrogens with two attached hydrogens (primary N) is 1. The van der Waals surface area contributed by atoms with E-state index >= 15 is 0 Å². The first-order chi connectivity index (χ1) is 8.72. The molecule has 0 aliphatic carbocycles. The molecule has 2 aromatic rings. The first kappa shape index (κ1) is 12.0. The zero-order chi connectivity index (χ0) is 12.5. The van der Waals surface area contributed by atoms with Gasteiger partial charge in [0.25, 0.3) is 0 Å². The van der Waals surface area contributed by atoms with Crippen LogP contribution in [0.3, 0.4) is 0 Å². The number of hydrogen-bond acceptors (Lipinski definition) is 3. The van der Waals surface area contributed by atoms with Gasteiger partial charge in [-0.15, -0.1) is 11.3 Å². The van der Waals surface area contributed by atoms with Gasteiger partial charge in [0.15, 0.2) is 0 Å². The van der Waals surface area contributed by atoms with Crippen LogP contribution in [0.25, 0.3) is 0 Å². The summed E-state index contributed by atoms with van der Waals surface area (Å²) in [6.07, 6.45) is 1.04. The van der Waals surface area contributed by atoms with Crippen molar-refractivity contribution < 1.29 is 0 Å². The van der Waals surface area contributed by atoms with E-state index in [9.17, 15) is 0 Å². The van der Waals surface area contributed by atoms with Crippen LogP contribution in [0.5, 0.6) is 0 Å². The van der Waals surface area contributed by atoms with Crippen molar-refractivity contribution >= 4 is 28.6 Å². The van der Waals surface area contributed by atoms with Crippen molar-refractivity contribution in [3.05, 3.63) is 50.7 Å². The van der Waals surface area contributed by atoms with Crippen LogP contribution in [0.15, 0.2) is 29.6 Å². The normalized spacial score (nSPS) is 15.6. The molecule has 2 heterocycles. The number of anilines is 1. The van der Waals surface area contributed by atoms with E-state index in [0.29, 0.717) is 0 Å². The fourth-order valence-electron chi connectivity index (χ4n) is 2.49. The number of fused-ring (bicyclic) bond motifs is 1. The van der Waals surface area contributed by atoms with Crippen molar-refractivity contribution in [2.45, 2.75) is 19.5 Å². The summed E-state index contributed by atoms with van der Waals surface area (Å²) >= 11 is 7.68. The Morgan fingerprint density at radius 1 is 1.39 bits per heavy atom. The van der Waals surface area contributed by atoms with Gasteiger partial charge in [-0.05, 0) is 29.7 Å². The topological polar surface area (TPSA) is 29.3 Å². The molecule has 2 N–H and O–H groups in total. The Balaban J connectivity index is 1.75. The van der Waals surface area contributed by atoms with E-state index < -0.39 is 0 Å². The number of benzene rings is 1. The Morgan fingerprint density at radius 3 is 3.06 bits per heavy atom. The molecule has 1 aliphatic heterocycles. The van der Waals surface area contributed by atoms with Gasteiger partial charge in [0.2, 0.25) is 0 Å². The minimum Gasteiger partial charge on any atom is -0.398 e. The van der Waals surface area contributed by atoms with Crippen molar-refractivity contribution in [1.29, 1.82) is 0 Å². The summed E-state index contributed by atoms with van der Waals surface area (Å²) in [5.74, 6) is 0. The Bertz CT molecular complexity index is 565. The zero-order valence-electron chi connectivity index (χ0n) is 10.0. The Labute approximate surface area is 116 Å². The lowest BCUT2D eigenvalue weighted by molar-refractivity contribution is 0.248. The van der Waals surface area contributed by atoms with Crippen molar-refractivity contribution in [1.82, 2.24) is 4.90 Å². The van der Waals surface area contributed by atoms with Crippen molar-refractivity contribution in [2.24, 2.45) is 0 Å². The molecule has 3 rings (SSSR count). The Morgan fingerprint density at radius 2 is 2.28 bits per heavy atom. The van der Waals surface area contributed by atoms with E-state index in [1.807, 2.05) is 17.5 Å². The number of nitrogen functional groups attached to an aromatic ring is 1. The highest BCUT2D eigenvalue weighted by Crippen LogP contribution is 2.27. The molecular weight excluding hydrogens is 264 g/mol. The van der Waals surface area contributed by atoms with Gasteiger partial charge in [-0.3, -0.25) is 4.90 Å². The number of rotatable bonds is 2. The number of halogens is 1. The molecule has 0 spiro atoms. The van der Waals surface area contributed by atoms with Crippen LogP contribution in [0.2, 0.25) is 5.02 Å². The Hall–Kier alpha value is -1.03. The third-order valence-electron chi connectivity index (χ3n) is 3.38. The molecule has 2 nitrogen and oxygen atoms in total. The molecule has 1 aromatic heterocycles. The smallest absolute Gasteiger partial charge is 0.0516 e. The van der Waals surface area contributed by atoms with Gasteiger partial charge in [0, 0.05) is 35.6 Å². The molecule has 0 amide bonds. The van der Waals surface area contributed by atoms with Crippen LogP contribution >= 0.6 is 22.9 Å². The summed E-state index contributed by atoms with van der Waals surface area (Å²) in [4.78, 5) is 3.77. The predicted octanol–water partition coefficient (Wildman–Crippen LogP) is 3.54. The highest BCUT2D eigenvalue weighted by molar-refractivity contribution is 7.10. The average Bonchev–Trinajstić information content (AvgIpc) is 2.75. The molecule has 0 saturated carbocycles. The maximum absolute atomic E-state index is 6.01. The average molecular weight is 279 g/mol. The molecule has 18 heavy (non-hydrogen) atoms. The van der Waals surface area contributed by atoms with Gasteiger partial charge in [-0.2, -0.15) is 0 Å². The second-order valence-corrected chi connectivity index (χ2v) is 6.11. The van der Waals surface area contributed by atoms with Crippen LogP contribution in [-0.4, -0.2) is 11.4 Å². The number of hydrogen-bond donors (Lipinski definition) is 1. The van der Waals surface area contributed by atoms with Crippen LogP contribution in [0.1, 0.15) is 16.0 Å². The van der Waals surface area contributed by atoms with Gasteiger partial charge in [-0.25, -0.2) is 0 Å². The number of nitrogens with zero attached hydrogens (tertiary/aromatic N) is 1. The molecular formula is C14H15ClN2S. The fourth-order valence-corrected chi connectivity index (χ4v) is 3.60. The highest BCUT2D eigenvalue weighted by atomic mass is 35.5. The standard InChI is InChI=1S/C14H15ClN2S/c15-11-6-12(18-9-11)8-17-5-4-13-10(7-17)2-1-3-14(13)16/h1-3,6,9H,4-5,7-8,16H2. The maximum Gasteiger partial charge on any atom is 0.0516 e. The monoisotopic (exact) mass is 278 g/mol. The SMILES string of the molecule is Nc1cccc2c1CCN(Cc1cc(Cl)cs1)C2. The van der Waals surface area contributed by atoms with Gasteiger partial charge >= 0.3 is 0 Å². The van der Waals surface area contributed by atoms with Crippen LogP contribution < -0.4 is 5.73 Å². The fraction of sp³-hybridized carbons (Fsp3) is 0.286. The molecule has 4 heteroatoms. The molecule has 0 saturated heterocycles. The summed E-state index contributed by atoms with van der Waals surface area (Å²) in [5.41, 5.74) is 9.64. The summed E-state index contributed by atoms with van der Waals surface area (Å²) in [6.45, 7) is 3.03. The maximum atomic E-state index is 6.01. The van der Waals surface area contributed by atoms with Crippen molar-refractivity contribution in [3.8, 4) is 0 Å². The summed E-state index contributed by atoms with van der Waals surface area (Å²) < 4.78 is 0. The zero-order valence-corrected chi connectivity index (χ0v) is 11.6.